The van der Waals surface area contributed by atoms with Crippen LogP contribution in [-0.4, -0.2) is 59.2 Å². The van der Waals surface area contributed by atoms with E-state index >= 15 is 0 Å². The van der Waals surface area contributed by atoms with Gasteiger partial charge in [0.15, 0.2) is 0 Å². The zero-order valence-corrected chi connectivity index (χ0v) is 10.4. The van der Waals surface area contributed by atoms with Crippen LogP contribution in [0, 0.1) is 0 Å². The minimum absolute atomic E-state index is 0.0285. The third-order valence-electron chi connectivity index (χ3n) is 2.04. The number of hydrogen-bond acceptors (Lipinski definition) is 7. The zero-order chi connectivity index (χ0) is 14.8. The van der Waals surface area contributed by atoms with Gasteiger partial charge >= 0.3 is 11.9 Å². The molecule has 0 heterocycles. The fourth-order valence-electron chi connectivity index (χ4n) is 0.907. The van der Waals surface area contributed by atoms with Crippen LogP contribution in [0.15, 0.2) is 12.3 Å². The van der Waals surface area contributed by atoms with Crippen molar-refractivity contribution in [3.63, 3.8) is 0 Å². The van der Waals surface area contributed by atoms with Crippen LogP contribution in [0.2, 0.25) is 0 Å². The van der Waals surface area contributed by atoms with Crippen LogP contribution in [0.4, 0.5) is 0 Å². The molecule has 0 rings (SSSR count). The first-order valence-corrected chi connectivity index (χ1v) is 5.60. The van der Waals surface area contributed by atoms with Gasteiger partial charge in [0.25, 0.3) is 0 Å². The van der Waals surface area contributed by atoms with E-state index in [4.69, 9.17) is 25.8 Å². The highest BCUT2D eigenvalue weighted by Crippen LogP contribution is 2.06. The molecule has 0 aromatic heterocycles. The molecule has 8 nitrogen and oxygen atoms in total. The van der Waals surface area contributed by atoms with Crippen LogP contribution >= 0.6 is 0 Å². The first kappa shape index (κ1) is 17.4. The number of esters is 1. The Labute approximate surface area is 110 Å². The van der Waals surface area contributed by atoms with Crippen molar-refractivity contribution >= 4 is 11.9 Å². The number of ether oxygens (including phenoxy) is 2. The van der Waals surface area contributed by atoms with Crippen molar-refractivity contribution in [3.8, 4) is 0 Å². The van der Waals surface area contributed by atoms with Crippen molar-refractivity contribution in [3.05, 3.63) is 12.3 Å². The number of carboxylic acids is 1. The molecule has 0 saturated heterocycles. The van der Waals surface area contributed by atoms with Gasteiger partial charge in [-0.15, -0.1) is 0 Å². The lowest BCUT2D eigenvalue weighted by atomic mass is 10.3. The van der Waals surface area contributed by atoms with Gasteiger partial charge in [-0.2, -0.15) is 0 Å². The third-order valence-corrected chi connectivity index (χ3v) is 2.04. The quantitative estimate of drug-likeness (QED) is 0.282. The molecule has 110 valence electrons. The summed E-state index contributed by atoms with van der Waals surface area (Å²) in [5, 5.41) is 25.9. The summed E-state index contributed by atoms with van der Waals surface area (Å²) in [5.74, 6) is -1.55. The van der Waals surface area contributed by atoms with Crippen LogP contribution in [0.1, 0.15) is 12.8 Å². The number of allylic oxidation sites excluding steroid dienone is 1. The van der Waals surface area contributed by atoms with Crippen molar-refractivity contribution in [2.24, 2.45) is 5.73 Å². The number of carboxylic acid groups (broad SMARTS) is 1. The Balaban J connectivity index is 3.72. The molecule has 0 radical (unpaired) electrons. The molecule has 0 saturated carbocycles. The third kappa shape index (κ3) is 9.00. The highest BCUT2D eigenvalue weighted by molar-refractivity contribution is 5.73. The van der Waals surface area contributed by atoms with Gasteiger partial charge in [0.05, 0.1) is 18.8 Å². The van der Waals surface area contributed by atoms with Gasteiger partial charge in [-0.3, -0.25) is 9.59 Å². The molecule has 8 heteroatoms. The number of aliphatic carboxylic acids is 1. The standard InChI is InChI=1S/C11H19NO7/c1-7(18-6-9(12)11(16)17)2-3-10(15)19-5-8(14)4-13/h8-9,13-14H,1-6,12H2,(H,16,17)/t8?,9-/m0/s1. The summed E-state index contributed by atoms with van der Waals surface area (Å²) < 4.78 is 9.61. The Morgan fingerprint density at radius 1 is 1.21 bits per heavy atom. The monoisotopic (exact) mass is 277 g/mol. The number of carbonyl (C=O) groups is 2. The SMILES string of the molecule is C=C(CCC(=O)OCC(O)CO)OC[C@H](N)C(=O)O. The Morgan fingerprint density at radius 3 is 2.37 bits per heavy atom. The zero-order valence-electron chi connectivity index (χ0n) is 10.4. The number of aliphatic hydroxyl groups is 2. The van der Waals surface area contributed by atoms with Gasteiger partial charge in [0, 0.05) is 6.42 Å². The van der Waals surface area contributed by atoms with Crippen molar-refractivity contribution < 1.29 is 34.4 Å². The molecule has 0 fully saturated rings. The number of hydrogen-bond donors (Lipinski definition) is 4. The lowest BCUT2D eigenvalue weighted by molar-refractivity contribution is -0.147. The van der Waals surface area contributed by atoms with E-state index in [0.29, 0.717) is 0 Å². The van der Waals surface area contributed by atoms with Gasteiger partial charge in [-0.25, -0.2) is 0 Å². The van der Waals surface area contributed by atoms with Crippen LogP contribution < -0.4 is 5.73 Å². The highest BCUT2D eigenvalue weighted by Gasteiger charge is 2.13. The number of nitrogens with two attached hydrogens (primary N) is 1. The largest absolute Gasteiger partial charge is 0.496 e. The van der Waals surface area contributed by atoms with E-state index in [0.717, 1.165) is 0 Å². The van der Waals surface area contributed by atoms with Crippen LogP contribution in [0.3, 0.4) is 0 Å². The smallest absolute Gasteiger partial charge is 0.324 e. The Bertz CT molecular complexity index is 318. The fourth-order valence-corrected chi connectivity index (χ4v) is 0.907. The molecule has 0 aliphatic heterocycles. The molecule has 2 atom stereocenters. The number of aliphatic hydroxyl groups excluding tert-OH is 2. The first-order chi connectivity index (χ1) is 8.86. The molecule has 0 bridgehead atoms. The van der Waals surface area contributed by atoms with Gasteiger partial charge in [-0.05, 0) is 0 Å². The molecular weight excluding hydrogens is 258 g/mol. The highest BCUT2D eigenvalue weighted by atomic mass is 16.5. The molecule has 0 aliphatic carbocycles. The van der Waals surface area contributed by atoms with Crippen molar-refractivity contribution in [1.82, 2.24) is 0 Å². The summed E-state index contributed by atoms with van der Waals surface area (Å²) in [4.78, 5) is 21.6. The topological polar surface area (TPSA) is 139 Å². The van der Waals surface area contributed by atoms with E-state index in [9.17, 15) is 9.59 Å². The van der Waals surface area contributed by atoms with E-state index in [1.54, 1.807) is 0 Å². The molecule has 0 aromatic carbocycles. The molecule has 19 heavy (non-hydrogen) atoms. The normalized spacial score (nSPS) is 13.4. The lowest BCUT2D eigenvalue weighted by Crippen LogP contribution is -2.34. The van der Waals surface area contributed by atoms with Crippen molar-refractivity contribution in [2.45, 2.75) is 25.0 Å². The summed E-state index contributed by atoms with van der Waals surface area (Å²) >= 11 is 0. The van der Waals surface area contributed by atoms with Gasteiger partial charge in [0.2, 0.25) is 0 Å². The summed E-state index contributed by atoms with van der Waals surface area (Å²) in [7, 11) is 0. The molecule has 0 amide bonds. The maximum atomic E-state index is 11.2. The summed E-state index contributed by atoms with van der Waals surface area (Å²) in [6, 6.07) is -1.15. The van der Waals surface area contributed by atoms with E-state index < -0.39 is 30.7 Å². The average Bonchev–Trinajstić information content (AvgIpc) is 2.39. The maximum Gasteiger partial charge on any atom is 0.324 e. The molecule has 0 spiro atoms. The molecule has 1 unspecified atom stereocenters. The van der Waals surface area contributed by atoms with E-state index in [1.807, 2.05) is 0 Å². The summed E-state index contributed by atoms with van der Waals surface area (Å²) in [6.07, 6.45) is -0.975. The number of carbonyl (C=O) groups excluding carboxylic acids is 1. The number of rotatable bonds is 10. The van der Waals surface area contributed by atoms with Gasteiger partial charge in [-0.1, -0.05) is 6.58 Å². The summed E-state index contributed by atoms with van der Waals surface area (Å²) in [6.45, 7) is 2.50. The minimum atomic E-state index is -1.19. The fraction of sp³-hybridized carbons (Fsp3) is 0.636. The second-order valence-electron chi connectivity index (χ2n) is 3.81. The molecular formula is C11H19NO7. The van der Waals surface area contributed by atoms with Crippen molar-refractivity contribution in [1.29, 1.82) is 0 Å². The minimum Gasteiger partial charge on any atom is -0.496 e. The molecule has 5 N–H and O–H groups in total. The molecule has 0 aromatic rings. The average molecular weight is 277 g/mol. The van der Waals surface area contributed by atoms with E-state index in [1.165, 1.54) is 0 Å². The van der Waals surface area contributed by atoms with E-state index in [-0.39, 0.29) is 31.8 Å². The van der Waals surface area contributed by atoms with Crippen LogP contribution in [-0.2, 0) is 19.1 Å². The van der Waals surface area contributed by atoms with E-state index in [2.05, 4.69) is 11.3 Å². The van der Waals surface area contributed by atoms with Gasteiger partial charge in [0.1, 0.15) is 25.4 Å². The van der Waals surface area contributed by atoms with Gasteiger partial charge < -0.3 is 30.5 Å². The first-order valence-electron chi connectivity index (χ1n) is 5.60. The lowest BCUT2D eigenvalue weighted by Gasteiger charge is -2.12. The Kier molecular flexibility index (Phi) is 8.51. The Hall–Kier alpha value is -1.64. The molecule has 0 aliphatic rings. The van der Waals surface area contributed by atoms with Crippen molar-refractivity contribution in [2.75, 3.05) is 19.8 Å². The predicted molar refractivity (Wildman–Crippen MR) is 64.0 cm³/mol. The van der Waals surface area contributed by atoms with Crippen LogP contribution in [0.25, 0.3) is 0 Å². The Morgan fingerprint density at radius 2 is 1.84 bits per heavy atom. The second-order valence-corrected chi connectivity index (χ2v) is 3.81. The maximum absolute atomic E-state index is 11.2. The predicted octanol–water partition coefficient (Wildman–Crippen LogP) is -1.39. The van der Waals surface area contributed by atoms with Crippen LogP contribution in [0.5, 0.6) is 0 Å². The summed E-state index contributed by atoms with van der Waals surface area (Å²) in [5.41, 5.74) is 5.21. The second kappa shape index (κ2) is 9.31.